The molecule has 9 nitrogen and oxygen atoms in total. The number of rotatable bonds is 4. The molecular weight excluding hydrogens is 446 g/mol. The minimum Gasteiger partial charge on any atom is -0.497 e. The third-order valence-corrected chi connectivity index (χ3v) is 6.51. The molecular formula is C26H23N5O4. The second-order valence-corrected chi connectivity index (χ2v) is 8.63. The summed E-state index contributed by atoms with van der Waals surface area (Å²) in [6, 6.07) is 9.41. The predicted molar refractivity (Wildman–Crippen MR) is 131 cm³/mol. The van der Waals surface area contributed by atoms with Crippen LogP contribution in [0.3, 0.4) is 0 Å². The molecule has 4 heterocycles. The highest BCUT2D eigenvalue weighted by Crippen LogP contribution is 2.36. The molecule has 9 heteroatoms. The largest absolute Gasteiger partial charge is 0.497 e. The van der Waals surface area contributed by atoms with Crippen molar-refractivity contribution in [2.75, 3.05) is 20.8 Å². The maximum absolute atomic E-state index is 13.3. The van der Waals surface area contributed by atoms with Gasteiger partial charge in [0, 0.05) is 17.1 Å². The first-order valence-electron chi connectivity index (χ1n) is 11.3. The van der Waals surface area contributed by atoms with E-state index in [4.69, 9.17) is 19.2 Å². The van der Waals surface area contributed by atoms with Crippen LogP contribution in [0.4, 0.5) is 0 Å². The van der Waals surface area contributed by atoms with E-state index in [0.717, 1.165) is 44.9 Å². The summed E-state index contributed by atoms with van der Waals surface area (Å²) in [4.78, 5) is 33.0. The van der Waals surface area contributed by atoms with Gasteiger partial charge < -0.3 is 24.2 Å². The maximum Gasteiger partial charge on any atom is 0.258 e. The second-order valence-electron chi connectivity index (χ2n) is 8.63. The molecule has 176 valence electrons. The number of hydrogen-bond donors (Lipinski definition) is 2. The van der Waals surface area contributed by atoms with Crippen LogP contribution in [0, 0.1) is 6.92 Å². The Morgan fingerprint density at radius 2 is 2.00 bits per heavy atom. The van der Waals surface area contributed by atoms with E-state index in [9.17, 15) is 4.79 Å². The highest BCUT2D eigenvalue weighted by atomic mass is 16.5. The van der Waals surface area contributed by atoms with Crippen LogP contribution in [-0.4, -0.2) is 45.7 Å². The van der Waals surface area contributed by atoms with Crippen LogP contribution in [0.5, 0.6) is 17.2 Å². The fourth-order valence-corrected chi connectivity index (χ4v) is 4.72. The van der Waals surface area contributed by atoms with Crippen LogP contribution in [0.15, 0.2) is 47.7 Å². The number of nitrogens with one attached hydrogen (secondary N) is 2. The third-order valence-electron chi connectivity index (χ3n) is 6.51. The summed E-state index contributed by atoms with van der Waals surface area (Å²) in [5.41, 5.74) is 4.52. The van der Waals surface area contributed by atoms with Gasteiger partial charge in [-0.3, -0.25) is 4.79 Å². The predicted octanol–water partition coefficient (Wildman–Crippen LogP) is 3.91. The van der Waals surface area contributed by atoms with Gasteiger partial charge in [0.15, 0.2) is 0 Å². The Morgan fingerprint density at radius 1 is 1.11 bits per heavy atom. The molecule has 1 atom stereocenters. The van der Waals surface area contributed by atoms with E-state index >= 15 is 0 Å². The quantitative estimate of drug-likeness (QED) is 0.410. The second kappa shape index (κ2) is 8.12. The van der Waals surface area contributed by atoms with Crippen molar-refractivity contribution in [1.82, 2.24) is 24.9 Å². The summed E-state index contributed by atoms with van der Waals surface area (Å²) in [7, 11) is 3.21. The Labute approximate surface area is 200 Å². The van der Waals surface area contributed by atoms with E-state index in [1.807, 2.05) is 37.4 Å². The fourth-order valence-electron chi connectivity index (χ4n) is 4.72. The van der Waals surface area contributed by atoms with E-state index < -0.39 is 0 Å². The van der Waals surface area contributed by atoms with E-state index in [0.29, 0.717) is 35.5 Å². The minimum atomic E-state index is -0.238. The molecule has 1 unspecified atom stereocenters. The number of hydrogen-bond acceptors (Lipinski definition) is 7. The van der Waals surface area contributed by atoms with Crippen molar-refractivity contribution in [3.8, 4) is 28.5 Å². The van der Waals surface area contributed by atoms with Gasteiger partial charge in [0.05, 0.1) is 37.8 Å². The van der Waals surface area contributed by atoms with Crippen LogP contribution < -0.4 is 19.8 Å². The monoisotopic (exact) mass is 469 g/mol. The van der Waals surface area contributed by atoms with Crippen LogP contribution in [0.1, 0.15) is 22.9 Å². The van der Waals surface area contributed by atoms with Crippen molar-refractivity contribution in [1.29, 1.82) is 0 Å². The van der Waals surface area contributed by atoms with E-state index in [-0.39, 0.29) is 11.5 Å². The highest BCUT2D eigenvalue weighted by Gasteiger charge is 2.25. The number of ether oxygens (including phenoxy) is 3. The van der Waals surface area contributed by atoms with Crippen molar-refractivity contribution < 1.29 is 14.2 Å². The molecule has 0 fully saturated rings. The van der Waals surface area contributed by atoms with E-state index in [1.165, 1.54) is 6.33 Å². The summed E-state index contributed by atoms with van der Waals surface area (Å²) in [5.74, 6) is 2.54. The van der Waals surface area contributed by atoms with Crippen LogP contribution in [-0.2, 0) is 6.42 Å². The van der Waals surface area contributed by atoms with Gasteiger partial charge in [-0.2, -0.15) is 0 Å². The first-order valence-corrected chi connectivity index (χ1v) is 11.3. The lowest BCUT2D eigenvalue weighted by Crippen LogP contribution is -2.24. The molecule has 0 aliphatic carbocycles. The lowest BCUT2D eigenvalue weighted by Gasteiger charge is -2.25. The molecule has 3 aromatic heterocycles. The average Bonchev–Trinajstić information content (AvgIpc) is 3.28. The average molecular weight is 470 g/mol. The van der Waals surface area contributed by atoms with Gasteiger partial charge in [0.1, 0.15) is 40.6 Å². The molecule has 6 rings (SSSR count). The van der Waals surface area contributed by atoms with Crippen molar-refractivity contribution in [2.45, 2.75) is 19.3 Å². The zero-order chi connectivity index (χ0) is 24.1. The molecule has 0 amide bonds. The summed E-state index contributed by atoms with van der Waals surface area (Å²) in [6.45, 7) is 2.41. The van der Waals surface area contributed by atoms with Crippen molar-refractivity contribution >= 4 is 21.9 Å². The topological polar surface area (TPSA) is 115 Å². The van der Waals surface area contributed by atoms with Gasteiger partial charge in [-0.05, 0) is 54.8 Å². The van der Waals surface area contributed by atoms with E-state index in [1.54, 1.807) is 20.3 Å². The van der Waals surface area contributed by atoms with Crippen molar-refractivity contribution in [2.24, 2.45) is 0 Å². The van der Waals surface area contributed by atoms with E-state index in [2.05, 4.69) is 19.9 Å². The molecule has 0 saturated heterocycles. The number of aryl methyl sites for hydroxylation is 1. The first kappa shape index (κ1) is 21.2. The smallest absolute Gasteiger partial charge is 0.258 e. The maximum atomic E-state index is 13.3. The summed E-state index contributed by atoms with van der Waals surface area (Å²) in [5, 5.41) is 1.34. The summed E-state index contributed by atoms with van der Waals surface area (Å²) in [6.07, 6.45) is 4.07. The zero-order valence-electron chi connectivity index (χ0n) is 19.5. The number of nitrogens with zero attached hydrogens (tertiary/aromatic N) is 3. The first-order chi connectivity index (χ1) is 17.1. The number of aromatic amines is 2. The number of aromatic nitrogens is 5. The molecule has 0 saturated carbocycles. The Balaban J connectivity index is 1.46. The molecule has 2 N–H and O–H groups in total. The van der Waals surface area contributed by atoms with Gasteiger partial charge in [-0.25, -0.2) is 15.0 Å². The van der Waals surface area contributed by atoms with Gasteiger partial charge in [-0.15, -0.1) is 0 Å². The summed E-state index contributed by atoms with van der Waals surface area (Å²) >= 11 is 0. The molecule has 0 spiro atoms. The summed E-state index contributed by atoms with van der Waals surface area (Å²) < 4.78 is 17.0. The minimum absolute atomic E-state index is 0.111. The van der Waals surface area contributed by atoms with Crippen molar-refractivity contribution in [3.05, 3.63) is 70.2 Å². The number of fused-ring (bicyclic) bond motifs is 3. The molecule has 0 bridgehead atoms. The SMILES string of the molecule is COc1ccc2c(c1)CC(c1nc3c(OC)cc(-c4ncnc5[nH]cc(C)c45)cc3c(=O)[nH]1)CO2. The molecule has 5 aromatic rings. The lowest BCUT2D eigenvalue weighted by molar-refractivity contribution is 0.257. The van der Waals surface area contributed by atoms with Gasteiger partial charge >= 0.3 is 0 Å². The zero-order valence-corrected chi connectivity index (χ0v) is 19.5. The van der Waals surface area contributed by atoms with Crippen LogP contribution >= 0.6 is 0 Å². The van der Waals surface area contributed by atoms with Crippen molar-refractivity contribution in [3.63, 3.8) is 0 Å². The molecule has 2 aromatic carbocycles. The highest BCUT2D eigenvalue weighted by molar-refractivity contribution is 5.97. The van der Waals surface area contributed by atoms with Crippen LogP contribution in [0.25, 0.3) is 33.2 Å². The number of H-pyrrole nitrogens is 2. The van der Waals surface area contributed by atoms with Gasteiger partial charge in [0.2, 0.25) is 0 Å². The molecule has 1 aliphatic heterocycles. The molecule has 1 aliphatic rings. The van der Waals surface area contributed by atoms with Gasteiger partial charge in [-0.1, -0.05) is 0 Å². The normalized spacial score (nSPS) is 15.1. The number of benzene rings is 2. The molecule has 0 radical (unpaired) electrons. The lowest BCUT2D eigenvalue weighted by atomic mass is 9.95. The fraction of sp³-hybridized carbons (Fsp3) is 0.231. The Morgan fingerprint density at radius 3 is 2.83 bits per heavy atom. The third kappa shape index (κ3) is 3.47. The Bertz CT molecular complexity index is 1660. The van der Waals surface area contributed by atoms with Crippen LogP contribution in [0.2, 0.25) is 0 Å². The Kier molecular flexibility index (Phi) is 4.91. The van der Waals surface area contributed by atoms with Gasteiger partial charge in [0.25, 0.3) is 5.56 Å². The number of methoxy groups -OCH3 is 2. The standard InChI is InChI=1S/C26H23N5O4/c1-13-10-27-25-21(13)22(28-12-29-25)15-8-18-23(20(9-15)34-3)30-24(31-26(18)32)16-6-14-7-17(33-2)4-5-19(14)35-11-16/h4-5,7-10,12,16H,6,11H2,1-3H3,(H,27,28,29)(H,30,31,32). The molecule has 35 heavy (non-hydrogen) atoms. The Hall–Kier alpha value is -4.40.